The molecule has 0 saturated carbocycles. The monoisotopic (exact) mass is 299 g/mol. The number of aromatic nitrogens is 2. The van der Waals surface area contributed by atoms with Gasteiger partial charge in [-0.3, -0.25) is 0 Å². The van der Waals surface area contributed by atoms with Gasteiger partial charge in [0.05, 0.1) is 0 Å². The van der Waals surface area contributed by atoms with Gasteiger partial charge in [-0.05, 0) is 33.0 Å². The molecule has 0 radical (unpaired) electrons. The maximum Gasteiger partial charge on any atom is 0.229 e. The lowest BCUT2D eigenvalue weighted by Crippen LogP contribution is -2.29. The Morgan fingerprint density at radius 3 is 1.90 bits per heavy atom. The lowest BCUT2D eigenvalue weighted by molar-refractivity contribution is 0.227. The summed E-state index contributed by atoms with van der Waals surface area (Å²) in [5.41, 5.74) is 0. The largest absolute Gasteiger partial charge is 0.339 e. The normalized spacial score (nSPS) is 14.9. The summed E-state index contributed by atoms with van der Waals surface area (Å²) in [5.74, 6) is 2.16. The molecule has 0 aromatic carbocycles. The van der Waals surface area contributed by atoms with Gasteiger partial charge in [-0.25, -0.2) is 0 Å². The molecule has 0 amide bonds. The van der Waals surface area contributed by atoms with Crippen LogP contribution in [0.1, 0.15) is 85.4 Å². The zero-order chi connectivity index (χ0) is 16.7. The minimum absolute atomic E-state index is 0.485. The highest BCUT2D eigenvalue weighted by molar-refractivity contribution is 4.96. The molecule has 0 unspecified atom stereocenters. The second-order valence-electron chi connectivity index (χ2n) is 4.69. The van der Waals surface area contributed by atoms with E-state index in [0.717, 1.165) is 44.1 Å². The molecule has 126 valence electrons. The Bertz CT molecular complexity index is 305. The van der Waals surface area contributed by atoms with Gasteiger partial charge in [-0.15, -0.1) is 0 Å². The van der Waals surface area contributed by atoms with Crippen molar-refractivity contribution in [3.63, 3.8) is 0 Å². The highest BCUT2D eigenvalue weighted by atomic mass is 16.5. The van der Waals surface area contributed by atoms with Crippen LogP contribution in [0.4, 0.5) is 0 Å². The van der Waals surface area contributed by atoms with Crippen LogP contribution in [0, 0.1) is 0 Å². The quantitative estimate of drug-likeness (QED) is 0.778. The van der Waals surface area contributed by atoms with Crippen molar-refractivity contribution in [2.45, 2.75) is 80.1 Å². The third kappa shape index (κ3) is 9.62. The van der Waals surface area contributed by atoms with Crippen LogP contribution in [0.15, 0.2) is 4.52 Å². The van der Waals surface area contributed by atoms with E-state index >= 15 is 0 Å². The zero-order valence-electron chi connectivity index (χ0n) is 15.6. The number of nitrogens with zero attached hydrogens (tertiary/aromatic N) is 3. The minimum atomic E-state index is 0.485. The van der Waals surface area contributed by atoms with E-state index in [0.29, 0.717) is 5.92 Å². The van der Waals surface area contributed by atoms with Gasteiger partial charge in [0, 0.05) is 12.3 Å². The van der Waals surface area contributed by atoms with E-state index in [9.17, 15) is 0 Å². The van der Waals surface area contributed by atoms with Gasteiger partial charge in [0.1, 0.15) is 0 Å². The minimum Gasteiger partial charge on any atom is -0.339 e. The Morgan fingerprint density at radius 1 is 1.05 bits per heavy atom. The lowest BCUT2D eigenvalue weighted by atomic mass is 9.97. The number of rotatable bonds is 2. The Hall–Kier alpha value is -0.900. The first kappa shape index (κ1) is 22.4. The molecule has 0 spiro atoms. The maximum atomic E-state index is 5.25. The highest BCUT2D eigenvalue weighted by Gasteiger charge is 2.23. The van der Waals surface area contributed by atoms with Gasteiger partial charge in [-0.2, -0.15) is 4.98 Å². The molecule has 1 aromatic heterocycles. The van der Waals surface area contributed by atoms with E-state index in [1.54, 1.807) is 0 Å². The van der Waals surface area contributed by atoms with Crippen molar-refractivity contribution in [1.29, 1.82) is 0 Å². The van der Waals surface area contributed by atoms with Gasteiger partial charge in [-0.1, -0.05) is 60.0 Å². The molecule has 0 atom stereocenters. The average Bonchev–Trinajstić information content (AvgIpc) is 3.02. The second-order valence-corrected chi connectivity index (χ2v) is 4.69. The summed E-state index contributed by atoms with van der Waals surface area (Å²) in [6.07, 6.45) is 4.39. The van der Waals surface area contributed by atoms with Crippen LogP contribution in [-0.4, -0.2) is 35.2 Å². The van der Waals surface area contributed by atoms with Crippen LogP contribution in [0.3, 0.4) is 0 Å². The standard InChI is InChI=1S/C10H17N3O.C3H8.2C2H6/c1-3-9-11-10(14-12-9)8-4-6-13(2)7-5-8;1-3-2;2*1-2/h8H,3-7H2,1-2H3;3H2,1-2H3;2*1-2H3. The second kappa shape index (κ2) is 15.5. The predicted molar refractivity (Wildman–Crippen MR) is 91.8 cm³/mol. The van der Waals surface area contributed by atoms with E-state index in [1.165, 1.54) is 6.42 Å². The molecule has 2 rings (SSSR count). The van der Waals surface area contributed by atoms with Crippen molar-refractivity contribution < 1.29 is 4.52 Å². The highest BCUT2D eigenvalue weighted by Crippen LogP contribution is 2.25. The molecule has 4 heteroatoms. The van der Waals surface area contributed by atoms with E-state index in [4.69, 9.17) is 4.52 Å². The van der Waals surface area contributed by atoms with Crippen molar-refractivity contribution in [2.75, 3.05) is 20.1 Å². The number of hydrogen-bond acceptors (Lipinski definition) is 4. The number of hydrogen-bond donors (Lipinski definition) is 0. The Balaban J connectivity index is 0. The molecule has 2 heterocycles. The van der Waals surface area contributed by atoms with Crippen LogP contribution in [0.5, 0.6) is 0 Å². The first-order valence-corrected chi connectivity index (χ1v) is 8.72. The molecule has 21 heavy (non-hydrogen) atoms. The zero-order valence-corrected chi connectivity index (χ0v) is 15.6. The fourth-order valence-corrected chi connectivity index (χ4v) is 1.83. The van der Waals surface area contributed by atoms with Gasteiger partial charge >= 0.3 is 0 Å². The van der Waals surface area contributed by atoms with Crippen LogP contribution in [-0.2, 0) is 6.42 Å². The fraction of sp³-hybridized carbons (Fsp3) is 0.882. The maximum absolute atomic E-state index is 5.25. The summed E-state index contributed by atoms with van der Waals surface area (Å²) in [7, 11) is 2.15. The molecule has 1 aliphatic rings. The van der Waals surface area contributed by atoms with Crippen LogP contribution in [0.25, 0.3) is 0 Å². The van der Waals surface area contributed by atoms with Crippen LogP contribution >= 0.6 is 0 Å². The van der Waals surface area contributed by atoms with Gasteiger partial charge in [0.2, 0.25) is 5.89 Å². The number of aryl methyl sites for hydroxylation is 1. The summed E-state index contributed by atoms with van der Waals surface area (Å²) in [5, 5.41) is 3.93. The molecule has 1 saturated heterocycles. The summed E-state index contributed by atoms with van der Waals surface area (Å²) in [6.45, 7) is 16.6. The molecule has 4 nitrogen and oxygen atoms in total. The van der Waals surface area contributed by atoms with E-state index in [2.05, 4.69) is 35.9 Å². The summed E-state index contributed by atoms with van der Waals surface area (Å²) in [6, 6.07) is 0. The molecular weight excluding hydrogens is 262 g/mol. The smallest absolute Gasteiger partial charge is 0.229 e. The van der Waals surface area contributed by atoms with E-state index in [1.807, 2.05) is 34.6 Å². The molecule has 1 aromatic rings. The van der Waals surface area contributed by atoms with Crippen LogP contribution < -0.4 is 0 Å². The number of piperidine rings is 1. The first-order chi connectivity index (χ1) is 10.2. The molecule has 0 bridgehead atoms. The van der Waals surface area contributed by atoms with E-state index in [-0.39, 0.29) is 0 Å². The molecule has 0 N–H and O–H groups in total. The van der Waals surface area contributed by atoms with Crippen LogP contribution in [0.2, 0.25) is 0 Å². The van der Waals surface area contributed by atoms with Crippen molar-refractivity contribution >= 4 is 0 Å². The third-order valence-corrected chi connectivity index (χ3v) is 2.87. The molecular formula is C17H37N3O. The average molecular weight is 300 g/mol. The van der Waals surface area contributed by atoms with Gasteiger partial charge in [0.25, 0.3) is 0 Å². The van der Waals surface area contributed by atoms with E-state index < -0.39 is 0 Å². The Kier molecular flexibility index (Phi) is 16.5. The third-order valence-electron chi connectivity index (χ3n) is 2.87. The van der Waals surface area contributed by atoms with Gasteiger partial charge < -0.3 is 9.42 Å². The summed E-state index contributed by atoms with van der Waals surface area (Å²) in [4.78, 5) is 6.72. The lowest BCUT2D eigenvalue weighted by Gasteiger charge is -2.26. The predicted octanol–water partition coefficient (Wildman–Crippen LogP) is 4.91. The topological polar surface area (TPSA) is 42.2 Å². The SMILES string of the molecule is CC.CC.CCC.CCc1noc(C2CCN(C)CC2)n1. The molecule has 0 aliphatic carbocycles. The van der Waals surface area contributed by atoms with Crippen molar-refractivity contribution in [2.24, 2.45) is 0 Å². The van der Waals surface area contributed by atoms with Crippen molar-refractivity contribution in [3.05, 3.63) is 11.7 Å². The Labute approximate surface area is 132 Å². The number of likely N-dealkylation sites (tertiary alicyclic amines) is 1. The first-order valence-electron chi connectivity index (χ1n) is 8.72. The van der Waals surface area contributed by atoms with Crippen molar-refractivity contribution in [3.8, 4) is 0 Å². The summed E-state index contributed by atoms with van der Waals surface area (Å²) < 4.78 is 5.25. The Morgan fingerprint density at radius 2 is 1.52 bits per heavy atom. The summed E-state index contributed by atoms with van der Waals surface area (Å²) >= 11 is 0. The van der Waals surface area contributed by atoms with Crippen molar-refractivity contribution in [1.82, 2.24) is 15.0 Å². The van der Waals surface area contributed by atoms with Gasteiger partial charge in [0.15, 0.2) is 5.82 Å². The fourth-order valence-electron chi connectivity index (χ4n) is 1.83. The molecule has 1 aliphatic heterocycles. The molecule has 1 fully saturated rings.